The number of anilines is 1. The van der Waals surface area contributed by atoms with E-state index in [1.165, 1.54) is 31.2 Å². The van der Waals surface area contributed by atoms with Crippen LogP contribution >= 0.6 is 0 Å². The zero-order chi connectivity index (χ0) is 22.9. The van der Waals surface area contributed by atoms with Crippen molar-refractivity contribution in [2.24, 2.45) is 0 Å². The monoisotopic (exact) mass is 442 g/mol. The molecule has 4 rings (SSSR count). The number of hydrogen-bond donors (Lipinski definition) is 2. The van der Waals surface area contributed by atoms with E-state index < -0.39 is 0 Å². The summed E-state index contributed by atoms with van der Waals surface area (Å²) in [4.78, 5) is 32.1. The summed E-state index contributed by atoms with van der Waals surface area (Å²) < 4.78 is 0. The molecule has 0 atom stereocenters. The number of carbonyl (C=O) groups excluding carboxylic acids is 2. The molecule has 6 nitrogen and oxygen atoms in total. The average molecular weight is 443 g/mol. The molecule has 1 aliphatic rings. The maximum absolute atomic E-state index is 12.9. The van der Waals surface area contributed by atoms with Crippen molar-refractivity contribution in [1.29, 1.82) is 0 Å². The standard InChI is InChI=1S/C27H30N4O2/c32-26(23-13-11-21(12-14-23)20-31-16-5-1-2-6-17-31)30-25-10-4-3-9-24(25)27(33)29-19-22-8-7-15-28-18-22/h3-4,7-15,18H,1-2,5-6,16-17,19-20H2,(H,29,33)(H,30,32). The number of pyridine rings is 1. The van der Waals surface area contributed by atoms with Crippen LogP contribution in [0.15, 0.2) is 73.1 Å². The Bertz CT molecular complexity index is 1060. The van der Waals surface area contributed by atoms with Gasteiger partial charge < -0.3 is 10.6 Å². The van der Waals surface area contributed by atoms with Crippen molar-refractivity contribution < 1.29 is 9.59 Å². The minimum Gasteiger partial charge on any atom is -0.348 e. The third-order valence-corrected chi connectivity index (χ3v) is 5.92. The third kappa shape index (κ3) is 6.49. The Morgan fingerprint density at radius 3 is 2.30 bits per heavy atom. The second kappa shape index (κ2) is 11.4. The molecule has 1 fully saturated rings. The SMILES string of the molecule is O=C(Nc1ccccc1C(=O)NCc1cccnc1)c1ccc(CN2CCCCCC2)cc1. The Kier molecular flexibility index (Phi) is 7.82. The van der Waals surface area contributed by atoms with E-state index in [4.69, 9.17) is 0 Å². The van der Waals surface area contributed by atoms with Gasteiger partial charge in [-0.05, 0) is 67.4 Å². The summed E-state index contributed by atoms with van der Waals surface area (Å²) in [6, 6.07) is 18.5. The Labute approximate surface area is 195 Å². The topological polar surface area (TPSA) is 74.3 Å². The zero-order valence-electron chi connectivity index (χ0n) is 18.8. The first-order valence-corrected chi connectivity index (χ1v) is 11.6. The molecule has 2 heterocycles. The van der Waals surface area contributed by atoms with Gasteiger partial charge in [0, 0.05) is 31.0 Å². The molecule has 0 saturated carbocycles. The summed E-state index contributed by atoms with van der Waals surface area (Å²) in [5.74, 6) is -0.480. The molecular weight excluding hydrogens is 412 g/mol. The van der Waals surface area contributed by atoms with Crippen molar-refractivity contribution in [3.05, 3.63) is 95.3 Å². The number of nitrogens with one attached hydrogen (secondary N) is 2. The van der Waals surface area contributed by atoms with Crippen molar-refractivity contribution in [2.45, 2.75) is 38.8 Å². The highest BCUT2D eigenvalue weighted by Gasteiger charge is 2.15. The van der Waals surface area contributed by atoms with E-state index in [-0.39, 0.29) is 11.8 Å². The molecule has 2 amide bonds. The van der Waals surface area contributed by atoms with Crippen molar-refractivity contribution in [1.82, 2.24) is 15.2 Å². The second-order valence-corrected chi connectivity index (χ2v) is 8.43. The van der Waals surface area contributed by atoms with Gasteiger partial charge in [0.1, 0.15) is 0 Å². The normalized spacial score (nSPS) is 14.3. The van der Waals surface area contributed by atoms with Gasteiger partial charge in [-0.15, -0.1) is 0 Å². The van der Waals surface area contributed by atoms with E-state index in [9.17, 15) is 9.59 Å². The molecule has 6 heteroatoms. The first-order chi connectivity index (χ1) is 16.2. The summed E-state index contributed by atoms with van der Waals surface area (Å²) in [5, 5.41) is 5.78. The van der Waals surface area contributed by atoms with Crippen LogP contribution in [0.5, 0.6) is 0 Å². The summed E-state index contributed by atoms with van der Waals surface area (Å²) in [6.45, 7) is 3.57. The van der Waals surface area contributed by atoms with Crippen molar-refractivity contribution in [3.63, 3.8) is 0 Å². The summed E-state index contributed by atoms with van der Waals surface area (Å²) in [5.41, 5.74) is 3.60. The summed E-state index contributed by atoms with van der Waals surface area (Å²) in [7, 11) is 0. The Morgan fingerprint density at radius 2 is 1.58 bits per heavy atom. The van der Waals surface area contributed by atoms with Crippen LogP contribution in [0.4, 0.5) is 5.69 Å². The van der Waals surface area contributed by atoms with Crippen LogP contribution in [0.25, 0.3) is 0 Å². The first-order valence-electron chi connectivity index (χ1n) is 11.6. The lowest BCUT2D eigenvalue weighted by molar-refractivity contribution is 0.0951. The molecule has 0 radical (unpaired) electrons. The van der Waals surface area contributed by atoms with Gasteiger partial charge in [-0.1, -0.05) is 43.2 Å². The van der Waals surface area contributed by atoms with Gasteiger partial charge in [0.15, 0.2) is 0 Å². The van der Waals surface area contributed by atoms with Gasteiger partial charge in [0.05, 0.1) is 11.3 Å². The third-order valence-electron chi connectivity index (χ3n) is 5.92. The predicted octanol–water partition coefficient (Wildman–Crippen LogP) is 4.64. The number of para-hydroxylation sites is 1. The van der Waals surface area contributed by atoms with Crippen LogP contribution in [-0.4, -0.2) is 34.8 Å². The van der Waals surface area contributed by atoms with Gasteiger partial charge in [0.25, 0.3) is 11.8 Å². The fraction of sp³-hybridized carbons (Fsp3) is 0.296. The maximum Gasteiger partial charge on any atom is 0.255 e. The largest absolute Gasteiger partial charge is 0.348 e. The number of likely N-dealkylation sites (tertiary alicyclic amines) is 1. The summed E-state index contributed by atoms with van der Waals surface area (Å²) in [6.07, 6.45) is 8.56. The highest BCUT2D eigenvalue weighted by Crippen LogP contribution is 2.18. The number of rotatable bonds is 7. The van der Waals surface area contributed by atoms with Gasteiger partial charge in [0.2, 0.25) is 0 Å². The fourth-order valence-electron chi connectivity index (χ4n) is 4.08. The lowest BCUT2D eigenvalue weighted by Gasteiger charge is -2.19. The Hall–Kier alpha value is -3.51. The molecule has 1 aliphatic heterocycles. The van der Waals surface area contributed by atoms with Gasteiger partial charge >= 0.3 is 0 Å². The van der Waals surface area contributed by atoms with Crippen LogP contribution in [0.2, 0.25) is 0 Å². The predicted molar refractivity (Wildman–Crippen MR) is 130 cm³/mol. The van der Waals surface area contributed by atoms with Crippen LogP contribution < -0.4 is 10.6 Å². The Balaban J connectivity index is 1.37. The van der Waals surface area contributed by atoms with Crippen LogP contribution in [0.3, 0.4) is 0 Å². The Morgan fingerprint density at radius 1 is 0.818 bits per heavy atom. The fourth-order valence-corrected chi connectivity index (χ4v) is 4.08. The molecule has 1 aromatic heterocycles. The lowest BCUT2D eigenvalue weighted by Crippen LogP contribution is -2.25. The smallest absolute Gasteiger partial charge is 0.255 e. The van der Waals surface area contributed by atoms with Crippen molar-refractivity contribution >= 4 is 17.5 Å². The average Bonchev–Trinajstić information content (AvgIpc) is 3.12. The van der Waals surface area contributed by atoms with E-state index >= 15 is 0 Å². The molecule has 2 aromatic carbocycles. The molecule has 3 aromatic rings. The van der Waals surface area contributed by atoms with Crippen LogP contribution in [0.1, 0.15) is 57.5 Å². The minimum absolute atomic E-state index is 0.233. The molecule has 0 unspecified atom stereocenters. The van der Waals surface area contributed by atoms with Crippen LogP contribution in [-0.2, 0) is 13.1 Å². The number of amides is 2. The number of nitrogens with zero attached hydrogens (tertiary/aromatic N) is 2. The molecule has 2 N–H and O–H groups in total. The zero-order valence-corrected chi connectivity index (χ0v) is 18.8. The second-order valence-electron chi connectivity index (χ2n) is 8.43. The number of carbonyl (C=O) groups is 2. The maximum atomic E-state index is 12.9. The molecule has 1 saturated heterocycles. The van der Waals surface area contributed by atoms with E-state index in [1.807, 2.05) is 36.4 Å². The summed E-state index contributed by atoms with van der Waals surface area (Å²) >= 11 is 0. The highest BCUT2D eigenvalue weighted by molar-refractivity contribution is 6.09. The van der Waals surface area contributed by atoms with E-state index in [2.05, 4.69) is 20.5 Å². The lowest BCUT2D eigenvalue weighted by atomic mass is 10.1. The number of hydrogen-bond acceptors (Lipinski definition) is 4. The van der Waals surface area contributed by atoms with E-state index in [1.54, 1.807) is 36.7 Å². The minimum atomic E-state index is -0.248. The quantitative estimate of drug-likeness (QED) is 0.559. The molecule has 0 spiro atoms. The number of benzene rings is 2. The van der Waals surface area contributed by atoms with Gasteiger partial charge in [-0.2, -0.15) is 0 Å². The number of aromatic nitrogens is 1. The van der Waals surface area contributed by atoms with Gasteiger partial charge in [-0.25, -0.2) is 0 Å². The molecule has 0 aliphatic carbocycles. The highest BCUT2D eigenvalue weighted by atomic mass is 16.2. The molecular formula is C27H30N4O2. The van der Waals surface area contributed by atoms with Crippen LogP contribution in [0, 0.1) is 0 Å². The molecule has 170 valence electrons. The van der Waals surface area contributed by atoms with Crippen molar-refractivity contribution in [2.75, 3.05) is 18.4 Å². The van der Waals surface area contributed by atoms with E-state index in [0.29, 0.717) is 23.4 Å². The van der Waals surface area contributed by atoms with Crippen molar-refractivity contribution in [3.8, 4) is 0 Å². The molecule has 33 heavy (non-hydrogen) atoms. The molecule has 0 bridgehead atoms. The van der Waals surface area contributed by atoms with E-state index in [0.717, 1.165) is 25.2 Å². The van der Waals surface area contributed by atoms with Gasteiger partial charge in [-0.3, -0.25) is 19.5 Å². The first kappa shape index (κ1) is 22.7.